The first-order valence-corrected chi connectivity index (χ1v) is 5.67. The summed E-state index contributed by atoms with van der Waals surface area (Å²) in [6.07, 6.45) is 4.45. The second-order valence-corrected chi connectivity index (χ2v) is 4.36. The first kappa shape index (κ1) is 10.4. The van der Waals surface area contributed by atoms with Crippen LogP contribution in [0.5, 0.6) is 0 Å². The molecular weight excluding hydrogens is 186 g/mol. The van der Waals surface area contributed by atoms with E-state index in [2.05, 4.69) is 30.2 Å². The molecule has 0 amide bonds. The molecule has 3 nitrogen and oxygen atoms in total. The van der Waals surface area contributed by atoms with Crippen LogP contribution in [0.25, 0.3) is 0 Å². The van der Waals surface area contributed by atoms with Crippen molar-refractivity contribution in [3.63, 3.8) is 0 Å². The largest absolute Gasteiger partial charge is 0.383 e. The minimum atomic E-state index is 0.405. The third-order valence-electron chi connectivity index (χ3n) is 2.94. The van der Waals surface area contributed by atoms with Crippen molar-refractivity contribution in [2.75, 3.05) is 12.3 Å². The quantitative estimate of drug-likeness (QED) is 0.790. The Hall–Kier alpha value is -1.09. The number of nitrogens with one attached hydrogen (secondary N) is 1. The topological polar surface area (TPSA) is 50.9 Å². The maximum atomic E-state index is 5.94. The first-order valence-electron chi connectivity index (χ1n) is 5.67. The van der Waals surface area contributed by atoms with Crippen LogP contribution < -0.4 is 11.1 Å². The van der Waals surface area contributed by atoms with E-state index in [0.29, 0.717) is 11.9 Å². The molecule has 0 aromatic carbocycles. The molecule has 1 heterocycles. The highest BCUT2D eigenvalue weighted by Crippen LogP contribution is 2.42. The van der Waals surface area contributed by atoms with Crippen LogP contribution >= 0.6 is 0 Å². The Morgan fingerprint density at radius 3 is 2.93 bits per heavy atom. The Morgan fingerprint density at radius 2 is 2.33 bits per heavy atom. The number of anilines is 1. The Labute approximate surface area is 91.1 Å². The van der Waals surface area contributed by atoms with E-state index in [1.165, 1.54) is 24.0 Å². The molecule has 0 aliphatic heterocycles. The zero-order valence-electron chi connectivity index (χ0n) is 9.46. The molecule has 1 fully saturated rings. The van der Waals surface area contributed by atoms with Gasteiger partial charge in [0.25, 0.3) is 0 Å². The summed E-state index contributed by atoms with van der Waals surface area (Å²) in [5.41, 5.74) is 8.30. The van der Waals surface area contributed by atoms with Crippen LogP contribution in [0.4, 0.5) is 5.82 Å². The minimum absolute atomic E-state index is 0.405. The van der Waals surface area contributed by atoms with Crippen molar-refractivity contribution in [2.24, 2.45) is 5.92 Å². The lowest BCUT2D eigenvalue weighted by Gasteiger charge is -2.19. The van der Waals surface area contributed by atoms with Gasteiger partial charge in [-0.2, -0.15) is 0 Å². The van der Waals surface area contributed by atoms with E-state index in [-0.39, 0.29) is 0 Å². The van der Waals surface area contributed by atoms with Crippen LogP contribution in [-0.2, 0) is 0 Å². The lowest BCUT2D eigenvalue weighted by molar-refractivity contribution is 0.496. The third-order valence-corrected chi connectivity index (χ3v) is 2.94. The van der Waals surface area contributed by atoms with E-state index >= 15 is 0 Å². The number of nitrogens with zero attached hydrogens (tertiary/aromatic N) is 1. The van der Waals surface area contributed by atoms with E-state index < -0.39 is 0 Å². The smallest absolute Gasteiger partial charge is 0.128 e. The Morgan fingerprint density at radius 1 is 1.60 bits per heavy atom. The predicted octanol–water partition coefficient (Wildman–Crippen LogP) is 2.03. The standard InChI is InChI=1S/C12H19N3/c1-3-14-11(9-4-5-9)10-6-8(2)7-15-12(10)13/h6-7,9,11,14H,3-5H2,1-2H3,(H2,13,15). The van der Waals surface area contributed by atoms with Gasteiger partial charge in [0.2, 0.25) is 0 Å². The molecule has 1 aromatic rings. The molecule has 0 spiro atoms. The van der Waals surface area contributed by atoms with Crippen LogP contribution in [0.15, 0.2) is 12.3 Å². The van der Waals surface area contributed by atoms with Crippen LogP contribution in [0.2, 0.25) is 0 Å². The second-order valence-electron chi connectivity index (χ2n) is 4.36. The van der Waals surface area contributed by atoms with E-state index in [1.807, 2.05) is 6.20 Å². The maximum absolute atomic E-state index is 5.94. The summed E-state index contributed by atoms with van der Waals surface area (Å²) in [7, 11) is 0. The van der Waals surface area contributed by atoms with Gasteiger partial charge in [0, 0.05) is 17.8 Å². The molecule has 3 N–H and O–H groups in total. The average molecular weight is 205 g/mol. The Bertz CT molecular complexity index is 345. The fraction of sp³-hybridized carbons (Fsp3) is 0.583. The summed E-state index contributed by atoms with van der Waals surface area (Å²) in [6, 6.07) is 2.57. The molecule has 1 aliphatic carbocycles. The van der Waals surface area contributed by atoms with Crippen LogP contribution in [0.3, 0.4) is 0 Å². The first-order chi connectivity index (χ1) is 7.22. The number of aryl methyl sites for hydroxylation is 1. The van der Waals surface area contributed by atoms with Crippen molar-refractivity contribution < 1.29 is 0 Å². The fourth-order valence-electron chi connectivity index (χ4n) is 2.03. The highest BCUT2D eigenvalue weighted by atomic mass is 14.9. The van der Waals surface area contributed by atoms with Gasteiger partial charge in [-0.1, -0.05) is 6.92 Å². The molecule has 0 bridgehead atoms. The highest BCUT2D eigenvalue weighted by Gasteiger charge is 2.32. The van der Waals surface area contributed by atoms with Gasteiger partial charge in [0.05, 0.1) is 0 Å². The number of rotatable bonds is 4. The van der Waals surface area contributed by atoms with Crippen molar-refractivity contribution in [1.82, 2.24) is 10.3 Å². The Kier molecular flexibility index (Phi) is 2.91. The molecule has 1 atom stereocenters. The van der Waals surface area contributed by atoms with Gasteiger partial charge in [-0.25, -0.2) is 4.98 Å². The number of nitrogen functional groups attached to an aromatic ring is 1. The molecular formula is C12H19N3. The van der Waals surface area contributed by atoms with Gasteiger partial charge in [0.15, 0.2) is 0 Å². The normalized spacial score (nSPS) is 17.7. The zero-order valence-corrected chi connectivity index (χ0v) is 9.46. The van der Waals surface area contributed by atoms with Gasteiger partial charge in [-0.3, -0.25) is 0 Å². The van der Waals surface area contributed by atoms with Crippen molar-refractivity contribution in [3.05, 3.63) is 23.4 Å². The van der Waals surface area contributed by atoms with Gasteiger partial charge in [-0.05, 0) is 43.9 Å². The van der Waals surface area contributed by atoms with E-state index in [1.54, 1.807) is 0 Å². The number of hydrogen-bond acceptors (Lipinski definition) is 3. The molecule has 1 saturated carbocycles. The predicted molar refractivity (Wildman–Crippen MR) is 62.5 cm³/mol. The van der Waals surface area contributed by atoms with Gasteiger partial charge >= 0.3 is 0 Å². The van der Waals surface area contributed by atoms with E-state index in [9.17, 15) is 0 Å². The number of aromatic nitrogens is 1. The van der Waals surface area contributed by atoms with Crippen molar-refractivity contribution in [1.29, 1.82) is 0 Å². The van der Waals surface area contributed by atoms with Crippen molar-refractivity contribution in [2.45, 2.75) is 32.7 Å². The molecule has 0 saturated heterocycles. The molecule has 2 rings (SSSR count). The van der Waals surface area contributed by atoms with Gasteiger partial charge in [0.1, 0.15) is 5.82 Å². The van der Waals surface area contributed by atoms with Crippen molar-refractivity contribution in [3.8, 4) is 0 Å². The molecule has 15 heavy (non-hydrogen) atoms. The highest BCUT2D eigenvalue weighted by molar-refractivity contribution is 5.43. The number of nitrogens with two attached hydrogens (primary N) is 1. The summed E-state index contributed by atoms with van der Waals surface area (Å²) in [4.78, 5) is 4.23. The summed E-state index contributed by atoms with van der Waals surface area (Å²) in [5, 5.41) is 3.51. The Balaban J connectivity index is 2.27. The van der Waals surface area contributed by atoms with Crippen LogP contribution in [0.1, 0.15) is 36.9 Å². The van der Waals surface area contributed by atoms with Gasteiger partial charge in [-0.15, -0.1) is 0 Å². The van der Waals surface area contributed by atoms with Crippen molar-refractivity contribution >= 4 is 5.82 Å². The molecule has 3 heteroatoms. The maximum Gasteiger partial charge on any atom is 0.128 e. The average Bonchev–Trinajstić information content (AvgIpc) is 3.02. The molecule has 1 unspecified atom stereocenters. The monoisotopic (exact) mass is 205 g/mol. The molecule has 0 radical (unpaired) electrons. The summed E-state index contributed by atoms with van der Waals surface area (Å²) < 4.78 is 0. The second kappa shape index (κ2) is 4.19. The number of hydrogen-bond donors (Lipinski definition) is 2. The molecule has 1 aromatic heterocycles. The zero-order chi connectivity index (χ0) is 10.8. The van der Waals surface area contributed by atoms with Gasteiger partial charge < -0.3 is 11.1 Å². The number of pyridine rings is 1. The summed E-state index contributed by atoms with van der Waals surface area (Å²) in [6.45, 7) is 5.18. The van der Waals surface area contributed by atoms with E-state index in [4.69, 9.17) is 5.73 Å². The lowest BCUT2D eigenvalue weighted by Crippen LogP contribution is -2.24. The minimum Gasteiger partial charge on any atom is -0.383 e. The molecule has 82 valence electrons. The fourth-order valence-corrected chi connectivity index (χ4v) is 2.03. The summed E-state index contributed by atoms with van der Waals surface area (Å²) >= 11 is 0. The lowest BCUT2D eigenvalue weighted by atomic mass is 10.0. The molecule has 1 aliphatic rings. The van der Waals surface area contributed by atoms with E-state index in [0.717, 1.165) is 12.5 Å². The third kappa shape index (κ3) is 2.29. The van der Waals surface area contributed by atoms with Crippen LogP contribution in [0, 0.1) is 12.8 Å². The summed E-state index contributed by atoms with van der Waals surface area (Å²) in [5.74, 6) is 1.44. The SMILES string of the molecule is CCNC(c1cc(C)cnc1N)C1CC1. The van der Waals surface area contributed by atoms with Crippen LogP contribution in [-0.4, -0.2) is 11.5 Å².